The highest BCUT2D eigenvalue weighted by molar-refractivity contribution is 5.91. The Bertz CT molecular complexity index is 1270. The zero-order valence-corrected chi connectivity index (χ0v) is 18.2. The molecule has 4 rings (SSSR count). The third-order valence-electron chi connectivity index (χ3n) is 6.13. The summed E-state index contributed by atoms with van der Waals surface area (Å²) in [7, 11) is 1.49. The summed E-state index contributed by atoms with van der Waals surface area (Å²) in [5.41, 5.74) is 1.49. The number of nitrogens with zero attached hydrogens (tertiary/aromatic N) is 3. The molecule has 2 aromatic heterocycles. The number of carbonyl (C=O) groups is 1. The molecule has 1 saturated heterocycles. The SMILES string of the molecule is CCn1c(=O)[nH]c2cc(CN3CCC(c4ccc(C(=O)NC)nc4F)CC3)ccc2c1=O. The Balaban J connectivity index is 1.44. The molecule has 1 amide bonds. The molecular formula is C23H26FN5O3. The molecule has 0 bridgehead atoms. The lowest BCUT2D eigenvalue weighted by Crippen LogP contribution is -2.34. The Hall–Kier alpha value is -3.33. The van der Waals surface area contributed by atoms with Crippen LogP contribution < -0.4 is 16.6 Å². The summed E-state index contributed by atoms with van der Waals surface area (Å²) in [4.78, 5) is 45.0. The van der Waals surface area contributed by atoms with Crippen molar-refractivity contribution in [1.29, 1.82) is 0 Å². The Morgan fingerprint density at radius 3 is 2.62 bits per heavy atom. The van der Waals surface area contributed by atoms with Gasteiger partial charge in [0.1, 0.15) is 5.69 Å². The summed E-state index contributed by atoms with van der Waals surface area (Å²) >= 11 is 0. The number of piperidine rings is 1. The van der Waals surface area contributed by atoms with Crippen molar-refractivity contribution < 1.29 is 9.18 Å². The smallest absolute Gasteiger partial charge is 0.328 e. The number of hydrogen-bond acceptors (Lipinski definition) is 5. The fourth-order valence-electron chi connectivity index (χ4n) is 4.35. The molecule has 168 valence electrons. The molecule has 9 heteroatoms. The topological polar surface area (TPSA) is 100 Å². The number of hydrogen-bond donors (Lipinski definition) is 2. The Morgan fingerprint density at radius 2 is 1.97 bits per heavy atom. The number of aromatic amines is 1. The number of fused-ring (bicyclic) bond motifs is 1. The van der Waals surface area contributed by atoms with Gasteiger partial charge >= 0.3 is 5.69 Å². The molecule has 3 aromatic rings. The minimum absolute atomic E-state index is 0.0537. The largest absolute Gasteiger partial charge is 0.354 e. The van der Waals surface area contributed by atoms with Gasteiger partial charge in [0.25, 0.3) is 11.5 Å². The van der Waals surface area contributed by atoms with Crippen molar-refractivity contribution in [3.05, 3.63) is 73.9 Å². The third kappa shape index (κ3) is 4.20. The first-order valence-electron chi connectivity index (χ1n) is 10.8. The molecule has 1 aliphatic rings. The number of rotatable bonds is 5. The fraction of sp³-hybridized carbons (Fsp3) is 0.391. The van der Waals surface area contributed by atoms with E-state index in [2.05, 4.69) is 20.2 Å². The summed E-state index contributed by atoms with van der Waals surface area (Å²) < 4.78 is 15.7. The molecule has 2 N–H and O–H groups in total. The van der Waals surface area contributed by atoms with Crippen LogP contribution >= 0.6 is 0 Å². The second-order valence-corrected chi connectivity index (χ2v) is 8.07. The van der Waals surface area contributed by atoms with Gasteiger partial charge in [-0.05, 0) is 62.5 Å². The highest BCUT2D eigenvalue weighted by Crippen LogP contribution is 2.30. The number of benzene rings is 1. The average Bonchev–Trinajstić information content (AvgIpc) is 2.79. The highest BCUT2D eigenvalue weighted by Gasteiger charge is 2.24. The average molecular weight is 439 g/mol. The van der Waals surface area contributed by atoms with Crippen LogP contribution in [-0.4, -0.2) is 45.5 Å². The third-order valence-corrected chi connectivity index (χ3v) is 6.13. The molecule has 8 nitrogen and oxygen atoms in total. The van der Waals surface area contributed by atoms with Crippen LogP contribution in [0.5, 0.6) is 0 Å². The van der Waals surface area contributed by atoms with Gasteiger partial charge in [-0.3, -0.25) is 19.1 Å². The number of nitrogens with one attached hydrogen (secondary N) is 2. The minimum atomic E-state index is -0.583. The maximum atomic E-state index is 14.5. The van der Waals surface area contributed by atoms with E-state index in [4.69, 9.17) is 0 Å². The molecular weight excluding hydrogens is 413 g/mol. The van der Waals surface area contributed by atoms with E-state index in [1.807, 2.05) is 12.1 Å². The van der Waals surface area contributed by atoms with Crippen molar-refractivity contribution in [2.24, 2.45) is 0 Å². The molecule has 0 radical (unpaired) electrons. The van der Waals surface area contributed by atoms with Gasteiger partial charge in [-0.1, -0.05) is 12.1 Å². The lowest BCUT2D eigenvalue weighted by atomic mass is 9.90. The molecule has 0 unspecified atom stereocenters. The van der Waals surface area contributed by atoms with Crippen molar-refractivity contribution in [2.75, 3.05) is 20.1 Å². The van der Waals surface area contributed by atoms with E-state index >= 15 is 0 Å². The van der Waals surface area contributed by atoms with Gasteiger partial charge in [0.15, 0.2) is 0 Å². The normalized spacial score (nSPS) is 15.2. The van der Waals surface area contributed by atoms with Crippen LogP contribution in [0.4, 0.5) is 4.39 Å². The van der Waals surface area contributed by atoms with Crippen molar-refractivity contribution in [3.8, 4) is 0 Å². The first kappa shape index (κ1) is 21.9. The second-order valence-electron chi connectivity index (χ2n) is 8.07. The van der Waals surface area contributed by atoms with Crippen molar-refractivity contribution in [1.82, 2.24) is 24.8 Å². The van der Waals surface area contributed by atoms with Gasteiger partial charge in [0.05, 0.1) is 10.9 Å². The van der Waals surface area contributed by atoms with E-state index in [1.165, 1.54) is 11.6 Å². The van der Waals surface area contributed by atoms with Gasteiger partial charge in [-0.2, -0.15) is 4.39 Å². The maximum Gasteiger partial charge on any atom is 0.328 e. The van der Waals surface area contributed by atoms with E-state index in [-0.39, 0.29) is 17.2 Å². The first-order chi connectivity index (χ1) is 15.4. The molecule has 0 saturated carbocycles. The standard InChI is InChI=1S/C23H26FN5O3/c1-3-29-22(31)17-5-4-14(12-19(17)27-23(29)32)13-28-10-8-15(9-11-28)16-6-7-18(21(30)25-2)26-20(16)24/h4-7,12,15H,3,8-11,13H2,1-2H3,(H,25,30)(H,27,32). The van der Waals surface area contributed by atoms with Crippen LogP contribution in [0.2, 0.25) is 0 Å². The van der Waals surface area contributed by atoms with E-state index in [1.54, 1.807) is 25.1 Å². The van der Waals surface area contributed by atoms with E-state index in [0.29, 0.717) is 29.6 Å². The van der Waals surface area contributed by atoms with Gasteiger partial charge in [-0.25, -0.2) is 9.78 Å². The number of aromatic nitrogens is 3. The Kier molecular flexibility index (Phi) is 6.18. The summed E-state index contributed by atoms with van der Waals surface area (Å²) in [6.45, 7) is 4.34. The molecule has 3 heterocycles. The van der Waals surface area contributed by atoms with Gasteiger partial charge in [0.2, 0.25) is 5.95 Å². The predicted molar refractivity (Wildman–Crippen MR) is 119 cm³/mol. The molecule has 0 aliphatic carbocycles. The number of carbonyl (C=O) groups excluding carboxylic acids is 1. The minimum Gasteiger partial charge on any atom is -0.354 e. The van der Waals surface area contributed by atoms with Gasteiger partial charge in [-0.15, -0.1) is 0 Å². The molecule has 1 aromatic carbocycles. The molecule has 1 aliphatic heterocycles. The fourth-order valence-corrected chi connectivity index (χ4v) is 4.35. The van der Waals surface area contributed by atoms with Crippen molar-refractivity contribution in [3.63, 3.8) is 0 Å². The number of pyridine rings is 1. The van der Waals surface area contributed by atoms with Gasteiger partial charge in [0, 0.05) is 25.7 Å². The lowest BCUT2D eigenvalue weighted by Gasteiger charge is -2.32. The van der Waals surface area contributed by atoms with E-state index in [9.17, 15) is 18.8 Å². The van der Waals surface area contributed by atoms with Crippen LogP contribution in [0.25, 0.3) is 10.9 Å². The summed E-state index contributed by atoms with van der Waals surface area (Å²) in [5.74, 6) is -0.936. The summed E-state index contributed by atoms with van der Waals surface area (Å²) in [5, 5.41) is 2.94. The Morgan fingerprint density at radius 1 is 1.22 bits per heavy atom. The van der Waals surface area contributed by atoms with Crippen molar-refractivity contribution >= 4 is 16.8 Å². The van der Waals surface area contributed by atoms with Crippen LogP contribution in [-0.2, 0) is 13.1 Å². The number of H-pyrrole nitrogens is 1. The van der Waals surface area contributed by atoms with Crippen molar-refractivity contribution in [2.45, 2.75) is 38.8 Å². The second kappa shape index (κ2) is 9.04. The Labute approximate surface area is 184 Å². The highest BCUT2D eigenvalue weighted by atomic mass is 19.1. The quantitative estimate of drug-likeness (QED) is 0.592. The van der Waals surface area contributed by atoms with Crippen LogP contribution in [0.15, 0.2) is 39.9 Å². The molecule has 1 fully saturated rings. The van der Waals surface area contributed by atoms with Crippen LogP contribution in [0, 0.1) is 5.95 Å². The monoisotopic (exact) mass is 439 g/mol. The van der Waals surface area contributed by atoms with Crippen LogP contribution in [0.1, 0.15) is 47.3 Å². The maximum absolute atomic E-state index is 14.5. The molecule has 32 heavy (non-hydrogen) atoms. The van der Waals surface area contributed by atoms with E-state index < -0.39 is 17.5 Å². The zero-order valence-electron chi connectivity index (χ0n) is 18.2. The first-order valence-corrected chi connectivity index (χ1v) is 10.8. The zero-order chi connectivity index (χ0) is 22.8. The summed E-state index contributed by atoms with van der Waals surface area (Å²) in [6, 6.07) is 8.75. The molecule has 0 atom stereocenters. The van der Waals surface area contributed by atoms with Crippen LogP contribution in [0.3, 0.4) is 0 Å². The summed E-state index contributed by atoms with van der Waals surface area (Å²) in [6.07, 6.45) is 1.56. The number of amides is 1. The lowest BCUT2D eigenvalue weighted by molar-refractivity contribution is 0.0957. The number of halogens is 1. The van der Waals surface area contributed by atoms with Gasteiger partial charge < -0.3 is 10.3 Å². The number of likely N-dealkylation sites (tertiary alicyclic amines) is 1. The predicted octanol–water partition coefficient (Wildman–Crippen LogP) is 1.98. The molecule has 0 spiro atoms. The van der Waals surface area contributed by atoms with E-state index in [0.717, 1.165) is 31.5 Å².